The monoisotopic (exact) mass is 225 g/mol. The van der Waals surface area contributed by atoms with E-state index < -0.39 is 0 Å². The van der Waals surface area contributed by atoms with E-state index >= 15 is 0 Å². The third-order valence-electron chi connectivity index (χ3n) is 2.16. The molecule has 4 nitrogen and oxygen atoms in total. The second kappa shape index (κ2) is 5.08. The molecule has 1 aromatic carbocycles. The molecule has 2 aromatic rings. The van der Waals surface area contributed by atoms with Crippen molar-refractivity contribution in [2.75, 3.05) is 0 Å². The zero-order valence-corrected chi connectivity index (χ0v) is 9.42. The Labute approximate surface area is 99.5 Å². The normalized spacial score (nSPS) is 9.65. The second-order valence-corrected chi connectivity index (χ2v) is 3.52. The van der Waals surface area contributed by atoms with Crippen LogP contribution in [0.3, 0.4) is 0 Å². The van der Waals surface area contributed by atoms with Gasteiger partial charge in [-0.1, -0.05) is 30.3 Å². The predicted octanol–water partition coefficient (Wildman–Crippen LogP) is 2.24. The summed E-state index contributed by atoms with van der Waals surface area (Å²) in [6, 6.07) is 13.3. The molecule has 1 aromatic heterocycles. The quantitative estimate of drug-likeness (QED) is 0.803. The lowest BCUT2D eigenvalue weighted by molar-refractivity contribution is 0.292. The van der Waals surface area contributed by atoms with Gasteiger partial charge in [0.1, 0.15) is 24.2 Å². The SMILES string of the molecule is Cc1nc(C#N)cc(OCc2ccccc2)n1. The van der Waals surface area contributed by atoms with Gasteiger partial charge in [-0.05, 0) is 12.5 Å². The van der Waals surface area contributed by atoms with Gasteiger partial charge in [-0.3, -0.25) is 0 Å². The first kappa shape index (κ1) is 11.1. The molecular weight excluding hydrogens is 214 g/mol. The maximum atomic E-state index is 8.78. The predicted molar refractivity (Wildman–Crippen MR) is 62.3 cm³/mol. The highest BCUT2D eigenvalue weighted by Gasteiger charge is 2.02. The van der Waals surface area contributed by atoms with Crippen LogP contribution in [0, 0.1) is 18.3 Å². The van der Waals surface area contributed by atoms with E-state index in [9.17, 15) is 0 Å². The van der Waals surface area contributed by atoms with Crippen LogP contribution in [0.2, 0.25) is 0 Å². The molecule has 17 heavy (non-hydrogen) atoms. The molecule has 0 aliphatic carbocycles. The average Bonchev–Trinajstić information content (AvgIpc) is 2.37. The lowest BCUT2D eigenvalue weighted by Gasteiger charge is -2.05. The highest BCUT2D eigenvalue weighted by Crippen LogP contribution is 2.11. The molecule has 0 atom stereocenters. The van der Waals surface area contributed by atoms with Gasteiger partial charge in [0.2, 0.25) is 5.88 Å². The van der Waals surface area contributed by atoms with Gasteiger partial charge in [0.15, 0.2) is 0 Å². The minimum atomic E-state index is 0.320. The maximum absolute atomic E-state index is 8.78. The highest BCUT2D eigenvalue weighted by atomic mass is 16.5. The average molecular weight is 225 g/mol. The van der Waals surface area contributed by atoms with E-state index in [4.69, 9.17) is 10.00 Å². The van der Waals surface area contributed by atoms with E-state index in [1.807, 2.05) is 36.4 Å². The van der Waals surface area contributed by atoms with Gasteiger partial charge in [-0.2, -0.15) is 10.2 Å². The zero-order valence-electron chi connectivity index (χ0n) is 9.42. The molecule has 0 N–H and O–H groups in total. The Morgan fingerprint density at radius 2 is 2.00 bits per heavy atom. The maximum Gasteiger partial charge on any atom is 0.218 e. The smallest absolute Gasteiger partial charge is 0.218 e. The Morgan fingerprint density at radius 3 is 2.71 bits per heavy atom. The van der Waals surface area contributed by atoms with Crippen molar-refractivity contribution in [2.45, 2.75) is 13.5 Å². The van der Waals surface area contributed by atoms with Crippen molar-refractivity contribution in [1.82, 2.24) is 9.97 Å². The largest absolute Gasteiger partial charge is 0.473 e. The summed E-state index contributed by atoms with van der Waals surface area (Å²) in [4.78, 5) is 8.07. The van der Waals surface area contributed by atoms with Crippen molar-refractivity contribution >= 4 is 0 Å². The van der Waals surface area contributed by atoms with Gasteiger partial charge in [-0.25, -0.2) is 4.98 Å². The number of aryl methyl sites for hydroxylation is 1. The van der Waals surface area contributed by atoms with Gasteiger partial charge in [0.25, 0.3) is 0 Å². The summed E-state index contributed by atoms with van der Waals surface area (Å²) < 4.78 is 5.51. The first-order valence-electron chi connectivity index (χ1n) is 5.20. The van der Waals surface area contributed by atoms with Crippen LogP contribution in [0.1, 0.15) is 17.1 Å². The summed E-state index contributed by atoms with van der Waals surface area (Å²) in [7, 11) is 0. The number of nitrogens with zero attached hydrogens (tertiary/aromatic N) is 3. The lowest BCUT2D eigenvalue weighted by Crippen LogP contribution is -2.00. The fraction of sp³-hybridized carbons (Fsp3) is 0.154. The van der Waals surface area contributed by atoms with E-state index in [1.54, 1.807) is 6.92 Å². The van der Waals surface area contributed by atoms with Crippen LogP contribution in [-0.4, -0.2) is 9.97 Å². The molecule has 0 unspecified atom stereocenters. The van der Waals surface area contributed by atoms with Crippen LogP contribution in [-0.2, 0) is 6.61 Å². The van der Waals surface area contributed by atoms with Gasteiger partial charge >= 0.3 is 0 Å². The summed E-state index contributed by atoms with van der Waals surface area (Å²) in [5.74, 6) is 0.963. The fourth-order valence-corrected chi connectivity index (χ4v) is 1.40. The third kappa shape index (κ3) is 3.02. The Hall–Kier alpha value is -2.41. The van der Waals surface area contributed by atoms with Gasteiger partial charge in [0, 0.05) is 6.07 Å². The molecule has 0 amide bonds. The Bertz CT molecular complexity index is 546. The summed E-state index contributed by atoms with van der Waals surface area (Å²) >= 11 is 0. The molecule has 4 heteroatoms. The molecule has 84 valence electrons. The van der Waals surface area contributed by atoms with E-state index in [2.05, 4.69) is 9.97 Å². The molecule has 0 saturated carbocycles. The van der Waals surface area contributed by atoms with Crippen molar-refractivity contribution in [3.63, 3.8) is 0 Å². The minimum absolute atomic E-state index is 0.320. The van der Waals surface area contributed by atoms with E-state index in [0.717, 1.165) is 5.56 Å². The molecule has 0 bridgehead atoms. The zero-order chi connectivity index (χ0) is 12.1. The Balaban J connectivity index is 2.10. The summed E-state index contributed by atoms with van der Waals surface area (Å²) in [5, 5.41) is 8.78. The van der Waals surface area contributed by atoms with E-state index in [1.165, 1.54) is 6.07 Å². The third-order valence-corrected chi connectivity index (χ3v) is 2.16. The number of benzene rings is 1. The van der Waals surface area contributed by atoms with Crippen LogP contribution in [0.25, 0.3) is 0 Å². The molecule has 0 aliphatic rings. The van der Waals surface area contributed by atoms with Crippen molar-refractivity contribution in [3.05, 3.63) is 53.5 Å². The number of nitriles is 1. The van der Waals surface area contributed by atoms with Crippen molar-refractivity contribution < 1.29 is 4.74 Å². The van der Waals surface area contributed by atoms with E-state index in [0.29, 0.717) is 24.0 Å². The van der Waals surface area contributed by atoms with Crippen molar-refractivity contribution in [3.8, 4) is 11.9 Å². The first-order valence-corrected chi connectivity index (χ1v) is 5.20. The molecule has 0 radical (unpaired) electrons. The highest BCUT2D eigenvalue weighted by molar-refractivity contribution is 5.26. The van der Waals surface area contributed by atoms with Gasteiger partial charge in [-0.15, -0.1) is 0 Å². The number of hydrogen-bond acceptors (Lipinski definition) is 4. The van der Waals surface area contributed by atoms with Crippen LogP contribution >= 0.6 is 0 Å². The molecule has 1 heterocycles. The first-order chi connectivity index (χ1) is 8.28. The number of rotatable bonds is 3. The lowest BCUT2D eigenvalue weighted by atomic mass is 10.2. The van der Waals surface area contributed by atoms with Crippen LogP contribution in [0.4, 0.5) is 0 Å². The van der Waals surface area contributed by atoms with E-state index in [-0.39, 0.29) is 0 Å². The van der Waals surface area contributed by atoms with Crippen LogP contribution < -0.4 is 4.74 Å². The molecule has 2 rings (SSSR count). The number of ether oxygens (including phenoxy) is 1. The fourth-order valence-electron chi connectivity index (χ4n) is 1.40. The topological polar surface area (TPSA) is 58.8 Å². The van der Waals surface area contributed by atoms with Crippen LogP contribution in [0.5, 0.6) is 5.88 Å². The Morgan fingerprint density at radius 1 is 1.24 bits per heavy atom. The second-order valence-electron chi connectivity index (χ2n) is 3.52. The molecule has 0 spiro atoms. The Kier molecular flexibility index (Phi) is 3.31. The summed E-state index contributed by atoms with van der Waals surface area (Å²) in [6.45, 7) is 2.17. The van der Waals surface area contributed by atoms with Crippen molar-refractivity contribution in [1.29, 1.82) is 5.26 Å². The standard InChI is InChI=1S/C13H11N3O/c1-10-15-12(8-14)7-13(16-10)17-9-11-5-3-2-4-6-11/h2-7H,9H2,1H3. The van der Waals surface area contributed by atoms with Gasteiger partial charge in [0.05, 0.1) is 0 Å². The summed E-state index contributed by atoms with van der Waals surface area (Å²) in [5.41, 5.74) is 1.38. The minimum Gasteiger partial charge on any atom is -0.473 e. The molecular formula is C13H11N3O. The summed E-state index contributed by atoms with van der Waals surface area (Å²) in [6.07, 6.45) is 0. The van der Waals surface area contributed by atoms with Crippen molar-refractivity contribution in [2.24, 2.45) is 0 Å². The molecule has 0 fully saturated rings. The number of hydrogen-bond donors (Lipinski definition) is 0. The molecule has 0 aliphatic heterocycles. The van der Waals surface area contributed by atoms with Crippen LogP contribution in [0.15, 0.2) is 36.4 Å². The number of aromatic nitrogens is 2. The molecule has 0 saturated heterocycles. The van der Waals surface area contributed by atoms with Gasteiger partial charge < -0.3 is 4.74 Å².